The average Bonchev–Trinajstić information content (AvgIpc) is 3.43. The highest BCUT2D eigenvalue weighted by molar-refractivity contribution is 5.71. The van der Waals surface area contributed by atoms with Crippen LogP contribution in [-0.4, -0.2) is 37.2 Å². The first-order valence-electron chi connectivity index (χ1n) is 35.5. The molecule has 0 spiro atoms. The van der Waals surface area contributed by atoms with E-state index in [9.17, 15) is 14.4 Å². The van der Waals surface area contributed by atoms with E-state index in [4.69, 9.17) is 14.2 Å². The summed E-state index contributed by atoms with van der Waals surface area (Å²) in [5.41, 5.74) is 0. The van der Waals surface area contributed by atoms with Gasteiger partial charge in [0, 0.05) is 19.3 Å². The Bertz CT molecular complexity index is 1160. The number of hydrogen-bond acceptors (Lipinski definition) is 6. The van der Waals surface area contributed by atoms with Crippen LogP contribution in [0.15, 0.2) is 0 Å². The molecule has 0 aliphatic rings. The highest BCUT2D eigenvalue weighted by atomic mass is 16.6. The summed E-state index contributed by atoms with van der Waals surface area (Å²) in [7, 11) is 0. The minimum absolute atomic E-state index is 0.0604. The van der Waals surface area contributed by atoms with E-state index in [0.29, 0.717) is 19.3 Å². The standard InChI is InChI=1S/C71H138O6/c1-4-7-10-13-16-19-22-25-28-29-30-31-32-33-34-35-36-37-38-39-40-41-42-44-46-49-52-55-58-61-64-70(73)76-67-68(66-75-69(72)63-60-57-54-51-48-45-27-24-21-18-15-12-9-6-3)77-71(74)65-62-59-56-53-50-47-43-26-23-20-17-14-11-8-5-2/h68H,4-67H2,1-3H3. The first-order chi connectivity index (χ1) is 38.0. The summed E-state index contributed by atoms with van der Waals surface area (Å²) in [5, 5.41) is 0. The van der Waals surface area contributed by atoms with Crippen molar-refractivity contribution in [2.24, 2.45) is 0 Å². The van der Waals surface area contributed by atoms with Crippen molar-refractivity contribution in [3.8, 4) is 0 Å². The van der Waals surface area contributed by atoms with Crippen molar-refractivity contribution in [1.29, 1.82) is 0 Å². The van der Waals surface area contributed by atoms with Crippen molar-refractivity contribution >= 4 is 17.9 Å². The number of rotatable bonds is 67. The van der Waals surface area contributed by atoms with E-state index in [1.165, 1.54) is 321 Å². The molecule has 0 aliphatic carbocycles. The number of ether oxygens (including phenoxy) is 3. The van der Waals surface area contributed by atoms with E-state index in [1.54, 1.807) is 0 Å². The van der Waals surface area contributed by atoms with Crippen molar-refractivity contribution in [3.63, 3.8) is 0 Å². The van der Waals surface area contributed by atoms with Gasteiger partial charge in [0.15, 0.2) is 6.10 Å². The van der Waals surface area contributed by atoms with Gasteiger partial charge in [0.1, 0.15) is 13.2 Å². The second kappa shape index (κ2) is 66.9. The lowest BCUT2D eigenvalue weighted by atomic mass is 10.0. The van der Waals surface area contributed by atoms with Gasteiger partial charge in [-0.2, -0.15) is 0 Å². The second-order valence-corrected chi connectivity index (χ2v) is 24.5. The van der Waals surface area contributed by atoms with Gasteiger partial charge in [-0.15, -0.1) is 0 Å². The second-order valence-electron chi connectivity index (χ2n) is 24.5. The molecule has 0 heterocycles. The minimum Gasteiger partial charge on any atom is -0.462 e. The van der Waals surface area contributed by atoms with Gasteiger partial charge < -0.3 is 14.2 Å². The molecule has 0 amide bonds. The van der Waals surface area contributed by atoms with Crippen LogP contribution in [0.4, 0.5) is 0 Å². The van der Waals surface area contributed by atoms with Crippen LogP contribution >= 0.6 is 0 Å². The van der Waals surface area contributed by atoms with Crippen LogP contribution in [0.25, 0.3) is 0 Å². The molecule has 0 bridgehead atoms. The van der Waals surface area contributed by atoms with Gasteiger partial charge in [-0.1, -0.05) is 380 Å². The molecule has 0 aromatic heterocycles. The lowest BCUT2D eigenvalue weighted by Gasteiger charge is -2.18. The van der Waals surface area contributed by atoms with Crippen LogP contribution in [0, 0.1) is 0 Å². The van der Waals surface area contributed by atoms with Crippen LogP contribution in [0.5, 0.6) is 0 Å². The first-order valence-corrected chi connectivity index (χ1v) is 35.5. The van der Waals surface area contributed by atoms with Gasteiger partial charge >= 0.3 is 17.9 Å². The maximum absolute atomic E-state index is 12.9. The average molecular weight is 1090 g/mol. The number of carbonyl (C=O) groups excluding carboxylic acids is 3. The molecule has 0 saturated carbocycles. The highest BCUT2D eigenvalue weighted by Crippen LogP contribution is 2.19. The van der Waals surface area contributed by atoms with Crippen molar-refractivity contribution < 1.29 is 28.6 Å². The Kier molecular flexibility index (Phi) is 65.5. The Hall–Kier alpha value is -1.59. The van der Waals surface area contributed by atoms with E-state index < -0.39 is 6.10 Å². The summed E-state index contributed by atoms with van der Waals surface area (Å²) in [6.45, 7) is 6.74. The van der Waals surface area contributed by atoms with Crippen LogP contribution in [0.1, 0.15) is 419 Å². The highest BCUT2D eigenvalue weighted by Gasteiger charge is 2.19. The third-order valence-corrected chi connectivity index (χ3v) is 16.6. The zero-order valence-electron chi connectivity index (χ0n) is 52.8. The van der Waals surface area contributed by atoms with Gasteiger partial charge in [-0.05, 0) is 19.3 Å². The van der Waals surface area contributed by atoms with Crippen molar-refractivity contribution in [2.45, 2.75) is 425 Å². The zero-order chi connectivity index (χ0) is 55.7. The van der Waals surface area contributed by atoms with E-state index in [2.05, 4.69) is 20.8 Å². The van der Waals surface area contributed by atoms with Gasteiger partial charge in [0.25, 0.3) is 0 Å². The Morgan fingerprint density at radius 1 is 0.208 bits per heavy atom. The zero-order valence-corrected chi connectivity index (χ0v) is 52.8. The quantitative estimate of drug-likeness (QED) is 0.0343. The third kappa shape index (κ3) is 65.1. The number of hydrogen-bond donors (Lipinski definition) is 0. The molecule has 0 aliphatic heterocycles. The molecule has 0 aromatic carbocycles. The maximum Gasteiger partial charge on any atom is 0.306 e. The number of esters is 3. The molecule has 1 unspecified atom stereocenters. The predicted molar refractivity (Wildman–Crippen MR) is 335 cm³/mol. The molecule has 0 aromatic rings. The summed E-state index contributed by atoms with van der Waals surface area (Å²) in [4.78, 5) is 38.4. The monoisotopic (exact) mass is 1090 g/mol. The molecule has 0 N–H and O–H groups in total. The fraction of sp³-hybridized carbons (Fsp3) is 0.958. The van der Waals surface area contributed by atoms with Gasteiger partial charge in [-0.3, -0.25) is 14.4 Å². The van der Waals surface area contributed by atoms with E-state index in [0.717, 1.165) is 57.8 Å². The molecule has 0 radical (unpaired) electrons. The molecule has 458 valence electrons. The van der Waals surface area contributed by atoms with E-state index in [-0.39, 0.29) is 31.1 Å². The Morgan fingerprint density at radius 2 is 0.351 bits per heavy atom. The Morgan fingerprint density at radius 3 is 0.519 bits per heavy atom. The fourth-order valence-electron chi connectivity index (χ4n) is 11.3. The summed E-state index contributed by atoms with van der Waals surface area (Å²) in [5.74, 6) is -0.822. The molecule has 0 saturated heterocycles. The molecule has 1 atom stereocenters. The van der Waals surface area contributed by atoms with Crippen LogP contribution in [-0.2, 0) is 28.6 Å². The SMILES string of the molecule is CCCCCCCCCCCCCCCCCCCCCCCCCCCCCCCCC(=O)OCC(COC(=O)CCCCCCCCCCCCCCCC)OC(=O)CCCCCCCCCCCCCCCCC. The molecular formula is C71H138O6. The number of unbranched alkanes of at least 4 members (excludes halogenated alkanes) is 56. The third-order valence-electron chi connectivity index (χ3n) is 16.6. The van der Waals surface area contributed by atoms with Gasteiger partial charge in [-0.25, -0.2) is 0 Å². The lowest BCUT2D eigenvalue weighted by molar-refractivity contribution is -0.167. The summed E-state index contributed by atoms with van der Waals surface area (Å²) in [6, 6.07) is 0. The Balaban J connectivity index is 4.10. The minimum atomic E-state index is -0.762. The van der Waals surface area contributed by atoms with Crippen molar-refractivity contribution in [3.05, 3.63) is 0 Å². The molecule has 0 rings (SSSR count). The fourth-order valence-corrected chi connectivity index (χ4v) is 11.3. The molecule has 0 fully saturated rings. The predicted octanol–water partition coefficient (Wildman–Crippen LogP) is 24.2. The van der Waals surface area contributed by atoms with Crippen LogP contribution in [0.3, 0.4) is 0 Å². The van der Waals surface area contributed by atoms with E-state index >= 15 is 0 Å². The molecule has 6 nitrogen and oxygen atoms in total. The summed E-state index contributed by atoms with van der Waals surface area (Å²) < 4.78 is 17.0. The molecule has 6 heteroatoms. The van der Waals surface area contributed by atoms with Crippen LogP contribution in [0.2, 0.25) is 0 Å². The van der Waals surface area contributed by atoms with Crippen LogP contribution < -0.4 is 0 Å². The molecular weight excluding hydrogens is 949 g/mol. The van der Waals surface area contributed by atoms with Gasteiger partial charge in [0.05, 0.1) is 0 Å². The van der Waals surface area contributed by atoms with E-state index in [1.807, 2.05) is 0 Å². The largest absolute Gasteiger partial charge is 0.462 e. The first kappa shape index (κ1) is 75.4. The summed E-state index contributed by atoms with van der Waals surface area (Å²) in [6.07, 6.45) is 78.6. The maximum atomic E-state index is 12.9. The van der Waals surface area contributed by atoms with Gasteiger partial charge in [0.2, 0.25) is 0 Å². The number of carbonyl (C=O) groups is 3. The Labute approximate surface area is 482 Å². The lowest BCUT2D eigenvalue weighted by Crippen LogP contribution is -2.30. The smallest absolute Gasteiger partial charge is 0.306 e. The normalized spacial score (nSPS) is 11.9. The van der Waals surface area contributed by atoms with Crippen molar-refractivity contribution in [1.82, 2.24) is 0 Å². The van der Waals surface area contributed by atoms with Crippen molar-refractivity contribution in [2.75, 3.05) is 13.2 Å². The topological polar surface area (TPSA) is 78.9 Å². The summed E-state index contributed by atoms with van der Waals surface area (Å²) >= 11 is 0. The molecule has 77 heavy (non-hydrogen) atoms.